The zero-order chi connectivity index (χ0) is 76.9. The number of carbonyl (C=O) groups excluding carboxylic acids is 4. The van der Waals surface area contributed by atoms with Gasteiger partial charge in [-0.1, -0.05) is 413 Å². The fourth-order valence-electron chi connectivity index (χ4n) is 13.4. The molecule has 0 aliphatic carbocycles. The molecule has 624 valence electrons. The number of esters is 4. The Balaban J connectivity index is 5.20. The lowest BCUT2D eigenvalue weighted by Gasteiger charge is -2.21. The molecule has 0 radical (unpaired) electrons. The van der Waals surface area contributed by atoms with Gasteiger partial charge in [0.05, 0.1) is 26.4 Å². The minimum Gasteiger partial charge on any atom is -0.462 e. The highest BCUT2D eigenvalue weighted by atomic mass is 31.2. The highest BCUT2D eigenvalue weighted by molar-refractivity contribution is 7.47. The smallest absolute Gasteiger partial charge is 0.462 e. The molecule has 0 rings (SSSR count). The van der Waals surface area contributed by atoms with Crippen LogP contribution in [0.1, 0.15) is 465 Å². The summed E-state index contributed by atoms with van der Waals surface area (Å²) < 4.78 is 68.9. The van der Waals surface area contributed by atoms with Crippen molar-refractivity contribution >= 4 is 39.5 Å². The van der Waals surface area contributed by atoms with Crippen LogP contribution in [0.25, 0.3) is 0 Å². The van der Waals surface area contributed by atoms with Gasteiger partial charge in [0.1, 0.15) is 19.3 Å². The van der Waals surface area contributed by atoms with E-state index >= 15 is 0 Å². The SMILES string of the molecule is CCCCCCCCCCCCCCCCCCCCCCCCC(=O)O[C@H](COC(=O)CCCCCCCCCCCCCCCCCCCCCC)COP(=O)(O)OC[C@@H](O)COP(=O)(O)OC[C@@H](COC(=O)CCCCCCCCCCCCC)OC(=O)CCCCCCCCCCC(C)CC. The first-order valence-electron chi connectivity index (χ1n) is 44.7. The van der Waals surface area contributed by atoms with Gasteiger partial charge in [-0.15, -0.1) is 0 Å². The lowest BCUT2D eigenvalue weighted by Crippen LogP contribution is -2.30. The largest absolute Gasteiger partial charge is 0.472 e. The lowest BCUT2D eigenvalue weighted by molar-refractivity contribution is -0.161. The van der Waals surface area contributed by atoms with Gasteiger partial charge in [-0.05, 0) is 31.6 Å². The van der Waals surface area contributed by atoms with Gasteiger partial charge in [-0.3, -0.25) is 37.3 Å². The number of hydrogen-bond donors (Lipinski definition) is 3. The molecule has 19 heteroatoms. The molecule has 0 fully saturated rings. The van der Waals surface area contributed by atoms with E-state index in [1.165, 1.54) is 289 Å². The van der Waals surface area contributed by atoms with Crippen LogP contribution in [0, 0.1) is 5.92 Å². The average molecular weight is 1540 g/mol. The molecular formula is C86H168O17P2. The van der Waals surface area contributed by atoms with Crippen LogP contribution in [0.4, 0.5) is 0 Å². The first-order valence-corrected chi connectivity index (χ1v) is 47.7. The van der Waals surface area contributed by atoms with Crippen molar-refractivity contribution in [3.63, 3.8) is 0 Å². The Bertz CT molecular complexity index is 2000. The van der Waals surface area contributed by atoms with Crippen molar-refractivity contribution < 1.29 is 80.2 Å². The fraction of sp³-hybridized carbons (Fsp3) is 0.953. The van der Waals surface area contributed by atoms with E-state index in [9.17, 15) is 43.2 Å². The van der Waals surface area contributed by atoms with Crippen LogP contribution >= 0.6 is 15.6 Å². The van der Waals surface area contributed by atoms with E-state index in [4.69, 9.17) is 37.0 Å². The second-order valence-corrected chi connectivity index (χ2v) is 34.1. The number of phosphoric acid groups is 2. The standard InChI is InChI=1S/C86H168O17P2/c1-6-10-13-16-19-22-25-27-29-31-33-35-36-38-40-42-44-47-50-56-61-66-71-85(90)102-81(75-97-84(89)70-65-60-55-49-46-43-41-39-37-34-32-30-28-26-23-20-17-14-11-7-2)77-100-104(92,93)98-73-80(87)74-99-105(94,95)101-78-82(76-96-83(88)69-64-59-54-48-45-24-21-18-15-12-8-3)103-86(91)72-67-62-57-52-51-53-58-63-68-79(5)9-4/h79-82,87H,6-78H2,1-5H3,(H,92,93)(H,94,95)/t79?,80-,81-,82-/m1/s1. The van der Waals surface area contributed by atoms with Gasteiger partial charge in [0, 0.05) is 25.7 Å². The number of unbranched alkanes of at least 4 members (excludes halogenated alkanes) is 57. The van der Waals surface area contributed by atoms with E-state index in [0.29, 0.717) is 25.7 Å². The van der Waals surface area contributed by atoms with Crippen molar-refractivity contribution in [2.45, 2.75) is 483 Å². The highest BCUT2D eigenvalue weighted by Gasteiger charge is 2.30. The van der Waals surface area contributed by atoms with Crippen molar-refractivity contribution in [1.29, 1.82) is 0 Å². The minimum atomic E-state index is -4.97. The van der Waals surface area contributed by atoms with Gasteiger partial charge in [0.25, 0.3) is 0 Å². The zero-order valence-corrected chi connectivity index (χ0v) is 70.7. The van der Waals surface area contributed by atoms with Gasteiger partial charge in [-0.25, -0.2) is 9.13 Å². The second kappa shape index (κ2) is 78.7. The molecule has 105 heavy (non-hydrogen) atoms. The third-order valence-electron chi connectivity index (χ3n) is 20.6. The summed E-state index contributed by atoms with van der Waals surface area (Å²) in [5.74, 6) is -1.33. The Labute approximate surface area is 645 Å². The normalized spacial score (nSPS) is 14.0. The molecule has 3 N–H and O–H groups in total. The molecular weight excluding hydrogens is 1370 g/mol. The quantitative estimate of drug-likeness (QED) is 0.0222. The van der Waals surface area contributed by atoms with Crippen LogP contribution in [0.15, 0.2) is 0 Å². The second-order valence-electron chi connectivity index (χ2n) is 31.2. The molecule has 0 aliphatic rings. The Morgan fingerprint density at radius 1 is 0.267 bits per heavy atom. The monoisotopic (exact) mass is 1540 g/mol. The molecule has 0 amide bonds. The zero-order valence-electron chi connectivity index (χ0n) is 68.9. The molecule has 0 aliphatic heterocycles. The summed E-state index contributed by atoms with van der Waals surface area (Å²) in [6.07, 6.45) is 72.3. The molecule has 0 heterocycles. The molecule has 0 saturated heterocycles. The van der Waals surface area contributed by atoms with Gasteiger partial charge < -0.3 is 33.8 Å². The summed E-state index contributed by atoms with van der Waals surface area (Å²) in [5.41, 5.74) is 0. The first kappa shape index (κ1) is 103. The van der Waals surface area contributed by atoms with E-state index in [0.717, 1.165) is 95.8 Å². The first-order chi connectivity index (χ1) is 51.1. The number of phosphoric ester groups is 2. The van der Waals surface area contributed by atoms with Crippen molar-refractivity contribution in [2.24, 2.45) is 5.92 Å². The average Bonchev–Trinajstić information content (AvgIpc) is 0.904. The molecule has 0 aromatic rings. The lowest BCUT2D eigenvalue weighted by atomic mass is 9.99. The summed E-state index contributed by atoms with van der Waals surface area (Å²) in [5, 5.41) is 10.7. The van der Waals surface area contributed by atoms with E-state index < -0.39 is 97.5 Å². The number of aliphatic hydroxyl groups excluding tert-OH is 1. The van der Waals surface area contributed by atoms with Gasteiger partial charge in [0.15, 0.2) is 12.2 Å². The third kappa shape index (κ3) is 78.5. The molecule has 17 nitrogen and oxygen atoms in total. The Morgan fingerprint density at radius 2 is 0.457 bits per heavy atom. The van der Waals surface area contributed by atoms with Gasteiger partial charge in [0.2, 0.25) is 0 Å². The number of hydrogen-bond acceptors (Lipinski definition) is 15. The third-order valence-corrected chi connectivity index (χ3v) is 22.5. The van der Waals surface area contributed by atoms with Crippen molar-refractivity contribution in [1.82, 2.24) is 0 Å². The Morgan fingerprint density at radius 3 is 0.676 bits per heavy atom. The van der Waals surface area contributed by atoms with Crippen LogP contribution in [0.3, 0.4) is 0 Å². The number of aliphatic hydroxyl groups is 1. The predicted octanol–water partition coefficient (Wildman–Crippen LogP) is 26.4. The van der Waals surface area contributed by atoms with E-state index in [2.05, 4.69) is 34.6 Å². The van der Waals surface area contributed by atoms with Gasteiger partial charge >= 0.3 is 39.5 Å². The molecule has 0 bridgehead atoms. The van der Waals surface area contributed by atoms with Crippen LogP contribution in [0.5, 0.6) is 0 Å². The summed E-state index contributed by atoms with van der Waals surface area (Å²) in [7, 11) is -9.92. The summed E-state index contributed by atoms with van der Waals surface area (Å²) in [4.78, 5) is 73.2. The van der Waals surface area contributed by atoms with Crippen LogP contribution in [-0.4, -0.2) is 96.7 Å². The van der Waals surface area contributed by atoms with Gasteiger partial charge in [-0.2, -0.15) is 0 Å². The molecule has 0 spiro atoms. The predicted molar refractivity (Wildman–Crippen MR) is 432 cm³/mol. The van der Waals surface area contributed by atoms with Crippen molar-refractivity contribution in [2.75, 3.05) is 39.6 Å². The highest BCUT2D eigenvalue weighted by Crippen LogP contribution is 2.45. The van der Waals surface area contributed by atoms with Crippen LogP contribution in [0.2, 0.25) is 0 Å². The minimum absolute atomic E-state index is 0.106. The summed E-state index contributed by atoms with van der Waals surface area (Å²) >= 11 is 0. The Hall–Kier alpha value is -1.94. The van der Waals surface area contributed by atoms with E-state index in [-0.39, 0.29) is 25.7 Å². The maximum atomic E-state index is 13.1. The number of ether oxygens (including phenoxy) is 4. The Kier molecular flexibility index (Phi) is 77.3. The number of rotatable bonds is 86. The van der Waals surface area contributed by atoms with E-state index in [1.54, 1.807) is 0 Å². The molecule has 3 unspecified atom stereocenters. The maximum Gasteiger partial charge on any atom is 0.472 e. The van der Waals surface area contributed by atoms with Crippen LogP contribution in [-0.2, 0) is 65.4 Å². The van der Waals surface area contributed by atoms with Crippen molar-refractivity contribution in [3.8, 4) is 0 Å². The topological polar surface area (TPSA) is 237 Å². The molecule has 0 aromatic carbocycles. The molecule has 0 saturated carbocycles. The number of carbonyl (C=O) groups is 4. The molecule has 6 atom stereocenters. The van der Waals surface area contributed by atoms with E-state index in [1.807, 2.05) is 0 Å². The fourth-order valence-corrected chi connectivity index (χ4v) is 15.0. The summed E-state index contributed by atoms with van der Waals surface area (Å²) in [6, 6.07) is 0. The molecule has 0 aromatic heterocycles. The van der Waals surface area contributed by atoms with Crippen LogP contribution < -0.4 is 0 Å². The maximum absolute atomic E-state index is 13.1. The van der Waals surface area contributed by atoms with Crippen molar-refractivity contribution in [3.05, 3.63) is 0 Å². The summed E-state index contributed by atoms with van der Waals surface area (Å²) in [6.45, 7) is 7.35.